The second-order valence-corrected chi connectivity index (χ2v) is 5.50. The van der Waals surface area contributed by atoms with Crippen molar-refractivity contribution in [2.45, 2.75) is 19.9 Å². The van der Waals surface area contributed by atoms with Gasteiger partial charge in [0, 0.05) is 6.54 Å². The van der Waals surface area contributed by atoms with E-state index in [0.29, 0.717) is 17.0 Å². The largest absolute Gasteiger partial charge is 0.481 e. The van der Waals surface area contributed by atoms with Crippen LogP contribution >= 0.6 is 11.3 Å². The summed E-state index contributed by atoms with van der Waals surface area (Å²) in [4.78, 5) is 27.3. The monoisotopic (exact) mass is 290 g/mol. The van der Waals surface area contributed by atoms with Gasteiger partial charge < -0.3 is 10.4 Å². The number of aryl methyl sites for hydroxylation is 1. The number of carbonyl (C=O) groups is 2. The van der Waals surface area contributed by atoms with Crippen molar-refractivity contribution in [1.82, 2.24) is 10.3 Å². The summed E-state index contributed by atoms with van der Waals surface area (Å²) in [5.41, 5.74) is 1.52. The highest BCUT2D eigenvalue weighted by molar-refractivity contribution is 7.13. The van der Waals surface area contributed by atoms with E-state index in [2.05, 4.69) is 10.3 Å². The molecule has 0 unspecified atom stereocenters. The minimum absolute atomic E-state index is 0.0499. The molecule has 0 fully saturated rings. The van der Waals surface area contributed by atoms with Gasteiger partial charge in [0.2, 0.25) is 0 Å². The van der Waals surface area contributed by atoms with Crippen LogP contribution in [0.15, 0.2) is 30.5 Å². The summed E-state index contributed by atoms with van der Waals surface area (Å²) < 4.78 is 0. The molecule has 1 heterocycles. The molecule has 1 aromatic carbocycles. The first-order valence-corrected chi connectivity index (χ1v) is 6.87. The van der Waals surface area contributed by atoms with Gasteiger partial charge in [-0.2, -0.15) is 0 Å². The molecule has 2 N–H and O–H groups in total. The zero-order valence-electron chi connectivity index (χ0n) is 10.9. The highest BCUT2D eigenvalue weighted by Crippen LogP contribution is 2.13. The lowest BCUT2D eigenvalue weighted by atomic mass is 10.0. The van der Waals surface area contributed by atoms with Gasteiger partial charge in [0.25, 0.3) is 5.91 Å². The minimum atomic E-state index is -0.887. The lowest BCUT2D eigenvalue weighted by Gasteiger charge is -2.08. The number of aliphatic carboxylic acids is 1. The van der Waals surface area contributed by atoms with Crippen LogP contribution in [0.4, 0.5) is 0 Å². The number of aromatic nitrogens is 1. The molecule has 2 aromatic rings. The number of hydrogen-bond donors (Lipinski definition) is 2. The van der Waals surface area contributed by atoms with Gasteiger partial charge in [0.1, 0.15) is 4.88 Å². The molecule has 0 saturated heterocycles. The average Bonchev–Trinajstić information content (AvgIpc) is 2.83. The molecule has 0 saturated carbocycles. The molecule has 1 amide bonds. The first-order chi connectivity index (χ1) is 9.56. The van der Waals surface area contributed by atoms with Gasteiger partial charge in [-0.25, -0.2) is 4.98 Å². The standard InChI is InChI=1S/C14H14N2O3S/c1-9-15-8-12(20-9)14(19)16-7-11-5-3-2-4-10(11)6-13(17)18/h2-5,8H,6-7H2,1H3,(H,16,19)(H,17,18). The molecule has 0 aliphatic rings. The number of carboxylic acid groups (broad SMARTS) is 1. The smallest absolute Gasteiger partial charge is 0.307 e. The predicted octanol–water partition coefficient (Wildman–Crippen LogP) is 2.01. The average molecular weight is 290 g/mol. The van der Waals surface area contributed by atoms with Crippen LogP contribution in [0.3, 0.4) is 0 Å². The Kier molecular flexibility index (Phi) is 4.47. The summed E-state index contributed by atoms with van der Waals surface area (Å²) in [6, 6.07) is 7.18. The molecule has 6 heteroatoms. The Morgan fingerprint density at radius 1 is 1.30 bits per heavy atom. The fraction of sp³-hybridized carbons (Fsp3) is 0.214. The van der Waals surface area contributed by atoms with E-state index in [9.17, 15) is 9.59 Å². The predicted molar refractivity (Wildman–Crippen MR) is 75.8 cm³/mol. The maximum Gasteiger partial charge on any atom is 0.307 e. The molecule has 0 aliphatic carbocycles. The summed E-state index contributed by atoms with van der Waals surface area (Å²) in [5.74, 6) is -1.08. The molecule has 1 aromatic heterocycles. The van der Waals surface area contributed by atoms with Crippen LogP contribution in [-0.2, 0) is 17.8 Å². The molecule has 104 valence electrons. The molecule has 2 rings (SSSR count). The maximum absolute atomic E-state index is 11.9. The number of thiazole rings is 1. The Balaban J connectivity index is 2.03. The number of carbonyl (C=O) groups excluding carboxylic acids is 1. The van der Waals surface area contributed by atoms with Crippen LogP contribution in [0.5, 0.6) is 0 Å². The number of amides is 1. The van der Waals surface area contributed by atoms with E-state index in [1.807, 2.05) is 19.1 Å². The Bertz CT molecular complexity index is 637. The molecule has 5 nitrogen and oxygen atoms in total. The third-order valence-electron chi connectivity index (χ3n) is 2.74. The SMILES string of the molecule is Cc1ncc(C(=O)NCc2ccccc2CC(=O)O)s1. The molecule has 0 bridgehead atoms. The molecule has 0 radical (unpaired) electrons. The van der Waals surface area contributed by atoms with Crippen molar-refractivity contribution >= 4 is 23.2 Å². The highest BCUT2D eigenvalue weighted by Gasteiger charge is 2.10. The Morgan fingerprint density at radius 3 is 2.60 bits per heavy atom. The van der Waals surface area contributed by atoms with Crippen LogP contribution in [-0.4, -0.2) is 22.0 Å². The van der Waals surface area contributed by atoms with Gasteiger partial charge in [-0.15, -0.1) is 11.3 Å². The van der Waals surface area contributed by atoms with Crippen LogP contribution in [0.25, 0.3) is 0 Å². The minimum Gasteiger partial charge on any atom is -0.481 e. The second kappa shape index (κ2) is 6.29. The van der Waals surface area contributed by atoms with E-state index in [4.69, 9.17) is 5.11 Å². The van der Waals surface area contributed by atoms with Gasteiger partial charge >= 0.3 is 5.97 Å². The van der Waals surface area contributed by atoms with Crippen molar-refractivity contribution in [3.63, 3.8) is 0 Å². The number of benzene rings is 1. The normalized spacial score (nSPS) is 10.2. The van der Waals surface area contributed by atoms with Gasteiger partial charge in [-0.1, -0.05) is 24.3 Å². The number of rotatable bonds is 5. The van der Waals surface area contributed by atoms with Crippen LogP contribution < -0.4 is 5.32 Å². The van der Waals surface area contributed by atoms with Crippen molar-refractivity contribution in [3.8, 4) is 0 Å². The van der Waals surface area contributed by atoms with Gasteiger partial charge in [-0.3, -0.25) is 9.59 Å². The summed E-state index contributed by atoms with van der Waals surface area (Å²) in [5, 5.41) is 12.5. The number of nitrogens with one attached hydrogen (secondary N) is 1. The van der Waals surface area contributed by atoms with Crippen molar-refractivity contribution in [1.29, 1.82) is 0 Å². The van der Waals surface area contributed by atoms with E-state index in [0.717, 1.165) is 10.6 Å². The Labute approximate surface area is 120 Å². The van der Waals surface area contributed by atoms with E-state index in [-0.39, 0.29) is 12.3 Å². The van der Waals surface area contributed by atoms with Crippen molar-refractivity contribution in [2.24, 2.45) is 0 Å². The zero-order chi connectivity index (χ0) is 14.5. The molecule has 20 heavy (non-hydrogen) atoms. The summed E-state index contributed by atoms with van der Waals surface area (Å²) in [6.45, 7) is 2.14. The van der Waals surface area contributed by atoms with Crippen LogP contribution in [0.2, 0.25) is 0 Å². The number of hydrogen-bond acceptors (Lipinski definition) is 4. The van der Waals surface area contributed by atoms with Crippen molar-refractivity contribution in [3.05, 3.63) is 51.5 Å². The van der Waals surface area contributed by atoms with E-state index >= 15 is 0 Å². The lowest BCUT2D eigenvalue weighted by molar-refractivity contribution is -0.136. The third-order valence-corrected chi connectivity index (χ3v) is 3.66. The summed E-state index contributed by atoms with van der Waals surface area (Å²) in [7, 11) is 0. The quantitative estimate of drug-likeness (QED) is 0.883. The third kappa shape index (κ3) is 3.64. The Morgan fingerprint density at radius 2 is 2.00 bits per heavy atom. The van der Waals surface area contributed by atoms with Crippen molar-refractivity contribution < 1.29 is 14.7 Å². The molecule has 0 atom stereocenters. The van der Waals surface area contributed by atoms with Crippen LogP contribution in [0.1, 0.15) is 25.8 Å². The molecular weight excluding hydrogens is 276 g/mol. The maximum atomic E-state index is 11.9. The van der Waals surface area contributed by atoms with Gasteiger partial charge in [-0.05, 0) is 18.1 Å². The summed E-state index contributed by atoms with van der Waals surface area (Å²) >= 11 is 1.33. The van der Waals surface area contributed by atoms with Gasteiger partial charge in [0.15, 0.2) is 0 Å². The second-order valence-electron chi connectivity index (χ2n) is 4.27. The number of carboxylic acids is 1. The highest BCUT2D eigenvalue weighted by atomic mass is 32.1. The lowest BCUT2D eigenvalue weighted by Crippen LogP contribution is -2.22. The Hall–Kier alpha value is -2.21. The van der Waals surface area contributed by atoms with Gasteiger partial charge in [0.05, 0.1) is 17.6 Å². The van der Waals surface area contributed by atoms with Crippen LogP contribution in [0, 0.1) is 6.92 Å². The fourth-order valence-electron chi connectivity index (χ4n) is 1.79. The first-order valence-electron chi connectivity index (χ1n) is 6.05. The molecule has 0 aliphatic heterocycles. The molecular formula is C14H14N2O3S. The zero-order valence-corrected chi connectivity index (χ0v) is 11.7. The fourth-order valence-corrected chi connectivity index (χ4v) is 2.49. The van der Waals surface area contributed by atoms with E-state index in [1.165, 1.54) is 11.3 Å². The first kappa shape index (κ1) is 14.2. The van der Waals surface area contributed by atoms with E-state index in [1.54, 1.807) is 18.3 Å². The van der Waals surface area contributed by atoms with Crippen molar-refractivity contribution in [2.75, 3.05) is 0 Å². The topological polar surface area (TPSA) is 79.3 Å². The number of nitrogens with zero attached hydrogens (tertiary/aromatic N) is 1. The summed E-state index contributed by atoms with van der Waals surface area (Å²) in [6.07, 6.45) is 1.49. The van der Waals surface area contributed by atoms with E-state index < -0.39 is 5.97 Å². The molecule has 0 spiro atoms.